The predicted molar refractivity (Wildman–Crippen MR) is 106 cm³/mol. The second kappa shape index (κ2) is 10.9. The highest BCUT2D eigenvalue weighted by Crippen LogP contribution is 2.26. The van der Waals surface area contributed by atoms with Crippen molar-refractivity contribution in [1.29, 1.82) is 0 Å². The Balaban J connectivity index is 2.18. The zero-order chi connectivity index (χ0) is 17.1. The minimum atomic E-state index is 1.02. The summed E-state index contributed by atoms with van der Waals surface area (Å²) in [6, 6.07) is 6.73. The van der Waals surface area contributed by atoms with Crippen LogP contribution in [0.1, 0.15) is 82.3 Å². The van der Waals surface area contributed by atoms with Gasteiger partial charge in [-0.25, -0.2) is 0 Å². The molecule has 0 aliphatic heterocycles. The van der Waals surface area contributed by atoms with E-state index in [1.54, 1.807) is 0 Å². The molecule has 1 heteroatoms. The molecule has 0 heterocycles. The first-order valence-corrected chi connectivity index (χ1v) is 9.89. The Kier molecular flexibility index (Phi) is 9.55. The van der Waals surface area contributed by atoms with Gasteiger partial charge in [-0.3, -0.25) is 4.48 Å². The van der Waals surface area contributed by atoms with Crippen LogP contribution in [0.4, 0.5) is 5.69 Å². The minimum absolute atomic E-state index is 1.02. The number of hydrogen-bond acceptors (Lipinski definition) is 0. The van der Waals surface area contributed by atoms with E-state index in [2.05, 4.69) is 53.1 Å². The normalized spacial score (nSPS) is 11.9. The van der Waals surface area contributed by atoms with Crippen LogP contribution in [0.25, 0.3) is 0 Å². The van der Waals surface area contributed by atoms with E-state index in [4.69, 9.17) is 0 Å². The van der Waals surface area contributed by atoms with E-state index < -0.39 is 0 Å². The van der Waals surface area contributed by atoms with Crippen molar-refractivity contribution < 1.29 is 0 Å². The number of quaternary nitrogens is 1. The average molecular weight is 319 g/mol. The van der Waals surface area contributed by atoms with E-state index in [-0.39, 0.29) is 0 Å². The molecular weight excluding hydrogens is 278 g/mol. The standard InChI is InChI=1S/C22H40N/c1-6-7-8-9-10-11-12-13-14-15-19-23(4,5)22-18-16-17-20(2)21(22)3/h16-18H,6-15,19H2,1-5H3/q+1. The van der Waals surface area contributed by atoms with Crippen molar-refractivity contribution in [3.05, 3.63) is 29.3 Å². The number of aryl methyl sites for hydroxylation is 1. The highest BCUT2D eigenvalue weighted by molar-refractivity contribution is 5.52. The first kappa shape index (κ1) is 20.2. The fraction of sp³-hybridized carbons (Fsp3) is 0.727. The Morgan fingerprint density at radius 1 is 0.739 bits per heavy atom. The van der Waals surface area contributed by atoms with E-state index in [9.17, 15) is 0 Å². The van der Waals surface area contributed by atoms with Gasteiger partial charge >= 0.3 is 0 Å². The Morgan fingerprint density at radius 3 is 1.83 bits per heavy atom. The molecule has 1 rings (SSSR count). The number of benzene rings is 1. The summed E-state index contributed by atoms with van der Waals surface area (Å²) in [5.41, 5.74) is 4.36. The summed E-state index contributed by atoms with van der Waals surface area (Å²) in [6.07, 6.45) is 14.1. The molecule has 0 spiro atoms. The number of rotatable bonds is 12. The average Bonchev–Trinajstić information content (AvgIpc) is 2.51. The van der Waals surface area contributed by atoms with Gasteiger partial charge in [0, 0.05) is 5.56 Å². The lowest BCUT2D eigenvalue weighted by Crippen LogP contribution is -2.41. The van der Waals surface area contributed by atoms with Gasteiger partial charge in [0.15, 0.2) is 0 Å². The monoisotopic (exact) mass is 318 g/mol. The first-order valence-electron chi connectivity index (χ1n) is 9.89. The van der Waals surface area contributed by atoms with Crippen LogP contribution in [0.2, 0.25) is 0 Å². The number of hydrogen-bond donors (Lipinski definition) is 0. The fourth-order valence-corrected chi connectivity index (χ4v) is 3.51. The third kappa shape index (κ3) is 7.52. The van der Waals surface area contributed by atoms with Gasteiger partial charge in [0.05, 0.1) is 20.6 Å². The summed E-state index contributed by atoms with van der Waals surface area (Å²) in [5.74, 6) is 0. The number of nitrogens with zero attached hydrogens (tertiary/aromatic N) is 1. The van der Waals surface area contributed by atoms with Gasteiger partial charge in [-0.2, -0.15) is 0 Å². The minimum Gasteiger partial charge on any atom is -0.296 e. The van der Waals surface area contributed by atoms with Crippen LogP contribution in [0.15, 0.2) is 18.2 Å². The molecule has 132 valence electrons. The molecule has 0 aromatic heterocycles. The van der Waals surface area contributed by atoms with E-state index in [0.717, 1.165) is 4.48 Å². The molecule has 0 atom stereocenters. The van der Waals surface area contributed by atoms with Crippen LogP contribution in [0.5, 0.6) is 0 Å². The van der Waals surface area contributed by atoms with Gasteiger partial charge < -0.3 is 0 Å². The lowest BCUT2D eigenvalue weighted by molar-refractivity contribution is 0.379. The van der Waals surface area contributed by atoms with Crippen molar-refractivity contribution in [2.24, 2.45) is 0 Å². The molecule has 1 aromatic carbocycles. The third-order valence-corrected chi connectivity index (χ3v) is 5.30. The highest BCUT2D eigenvalue weighted by atomic mass is 15.3. The molecule has 0 unspecified atom stereocenters. The summed E-state index contributed by atoms with van der Waals surface area (Å²) in [6.45, 7) is 8.03. The molecule has 0 fully saturated rings. The van der Waals surface area contributed by atoms with Crippen molar-refractivity contribution in [1.82, 2.24) is 4.48 Å². The molecule has 0 amide bonds. The molecular formula is C22H40N+. The molecule has 0 aliphatic rings. The summed E-state index contributed by atoms with van der Waals surface area (Å²) < 4.78 is 1.02. The van der Waals surface area contributed by atoms with Gasteiger partial charge in [0.1, 0.15) is 5.69 Å². The number of unbranched alkanes of at least 4 members (excludes halogenated alkanes) is 9. The molecule has 1 aromatic rings. The first-order chi connectivity index (χ1) is 11.0. The molecule has 0 saturated carbocycles. The van der Waals surface area contributed by atoms with Gasteiger partial charge in [-0.15, -0.1) is 0 Å². The lowest BCUT2D eigenvalue weighted by Gasteiger charge is -2.31. The molecule has 0 saturated heterocycles. The SMILES string of the molecule is CCCCCCCCCCCC[N+](C)(C)c1cccc(C)c1C. The zero-order valence-electron chi connectivity index (χ0n) is 16.5. The van der Waals surface area contributed by atoms with Gasteiger partial charge in [-0.1, -0.05) is 70.4 Å². The van der Waals surface area contributed by atoms with E-state index in [1.165, 1.54) is 87.6 Å². The second-order valence-corrected chi connectivity index (χ2v) is 7.81. The topological polar surface area (TPSA) is 0 Å². The van der Waals surface area contributed by atoms with E-state index in [1.807, 2.05) is 0 Å². The van der Waals surface area contributed by atoms with Crippen LogP contribution in [0, 0.1) is 13.8 Å². The second-order valence-electron chi connectivity index (χ2n) is 7.81. The van der Waals surface area contributed by atoms with Crippen molar-refractivity contribution in [3.8, 4) is 0 Å². The van der Waals surface area contributed by atoms with Gasteiger partial charge in [-0.05, 0) is 38.3 Å². The van der Waals surface area contributed by atoms with Crippen LogP contribution in [-0.2, 0) is 0 Å². The van der Waals surface area contributed by atoms with Crippen molar-refractivity contribution in [2.45, 2.75) is 85.0 Å². The Hall–Kier alpha value is -0.820. The van der Waals surface area contributed by atoms with E-state index >= 15 is 0 Å². The van der Waals surface area contributed by atoms with Crippen LogP contribution in [-0.4, -0.2) is 20.6 Å². The molecule has 1 nitrogen and oxygen atoms in total. The summed E-state index contributed by atoms with van der Waals surface area (Å²) in [5, 5.41) is 0. The quantitative estimate of drug-likeness (QED) is 0.294. The maximum Gasteiger partial charge on any atom is 0.135 e. The van der Waals surface area contributed by atoms with Crippen molar-refractivity contribution >= 4 is 5.69 Å². The zero-order valence-corrected chi connectivity index (χ0v) is 16.5. The largest absolute Gasteiger partial charge is 0.296 e. The summed E-state index contributed by atoms with van der Waals surface area (Å²) in [4.78, 5) is 0. The Labute approximate surface area is 145 Å². The molecule has 0 aliphatic carbocycles. The van der Waals surface area contributed by atoms with Crippen LogP contribution >= 0.6 is 0 Å². The lowest BCUT2D eigenvalue weighted by atomic mass is 10.0. The smallest absolute Gasteiger partial charge is 0.135 e. The van der Waals surface area contributed by atoms with Crippen molar-refractivity contribution in [3.63, 3.8) is 0 Å². The van der Waals surface area contributed by atoms with Crippen LogP contribution < -0.4 is 4.48 Å². The van der Waals surface area contributed by atoms with Crippen LogP contribution in [0.3, 0.4) is 0 Å². The highest BCUT2D eigenvalue weighted by Gasteiger charge is 2.21. The fourth-order valence-electron chi connectivity index (χ4n) is 3.51. The van der Waals surface area contributed by atoms with E-state index in [0.29, 0.717) is 0 Å². The Morgan fingerprint density at radius 2 is 1.26 bits per heavy atom. The van der Waals surface area contributed by atoms with Gasteiger partial charge in [0.25, 0.3) is 0 Å². The summed E-state index contributed by atoms with van der Waals surface area (Å²) in [7, 11) is 4.71. The predicted octanol–water partition coefficient (Wildman–Crippen LogP) is 6.79. The summed E-state index contributed by atoms with van der Waals surface area (Å²) >= 11 is 0. The molecule has 0 bridgehead atoms. The molecule has 0 radical (unpaired) electrons. The van der Waals surface area contributed by atoms with Gasteiger partial charge in [0.2, 0.25) is 0 Å². The third-order valence-electron chi connectivity index (χ3n) is 5.30. The molecule has 23 heavy (non-hydrogen) atoms. The Bertz CT molecular complexity index is 434. The van der Waals surface area contributed by atoms with Crippen molar-refractivity contribution in [2.75, 3.05) is 20.6 Å². The maximum atomic E-state index is 2.36. The maximum absolute atomic E-state index is 2.36. The molecule has 0 N–H and O–H groups in total.